The summed E-state index contributed by atoms with van der Waals surface area (Å²) in [5.74, 6) is 1.49. The van der Waals surface area contributed by atoms with Crippen LogP contribution in [0.1, 0.15) is 25.8 Å². The molecule has 0 aromatic heterocycles. The second-order valence-electron chi connectivity index (χ2n) is 5.78. The second kappa shape index (κ2) is 8.68. The number of Topliss-reactive ketones (excluding diaryl/α,β-unsaturated/α-hetero) is 1. The lowest BCUT2D eigenvalue weighted by Crippen LogP contribution is -2.19. The van der Waals surface area contributed by atoms with Gasteiger partial charge in [0.15, 0.2) is 0 Å². The average molecular weight is 498 g/mol. The molecule has 0 bridgehead atoms. The summed E-state index contributed by atoms with van der Waals surface area (Å²) >= 11 is 5.08. The van der Waals surface area contributed by atoms with Crippen molar-refractivity contribution in [3.05, 3.63) is 28.2 Å². The number of carbonyl (C=O) groups is 1. The fraction of sp³-hybridized carbons (Fsp3) is 0.500. The number of ether oxygens (including phenoxy) is 1. The first-order chi connectivity index (χ1) is 9.92. The van der Waals surface area contributed by atoms with Crippen molar-refractivity contribution < 1.29 is 9.53 Å². The molecule has 0 amide bonds. The van der Waals surface area contributed by atoms with Gasteiger partial charge in [-0.25, -0.2) is 0 Å². The summed E-state index contributed by atoms with van der Waals surface area (Å²) < 4.78 is 6.07. The van der Waals surface area contributed by atoms with E-state index in [-0.39, 0.29) is 35.2 Å². The largest absolute Gasteiger partial charge is 0.497 e. The zero-order valence-electron chi connectivity index (χ0n) is 13.0. The first kappa shape index (κ1) is 20.0. The Labute approximate surface area is 161 Å². The lowest BCUT2D eigenvalue weighted by Gasteiger charge is -2.18. The Morgan fingerprint density at radius 2 is 2.18 bits per heavy atom. The Balaban J connectivity index is 0.00000242. The molecule has 122 valence electrons. The number of hydrogen-bond acceptors (Lipinski definition) is 4. The molecular formula is C16H21BrINO2S. The minimum atomic E-state index is 0. The third-order valence-corrected chi connectivity index (χ3v) is 5.75. The molecule has 1 aromatic carbocycles. The van der Waals surface area contributed by atoms with E-state index in [0.717, 1.165) is 33.8 Å². The molecule has 3 nitrogen and oxygen atoms in total. The molecule has 0 atom stereocenters. The van der Waals surface area contributed by atoms with Crippen LogP contribution in [-0.2, 0) is 11.2 Å². The number of rotatable bonds is 5. The molecule has 2 rings (SSSR count). The third kappa shape index (κ3) is 5.23. The van der Waals surface area contributed by atoms with Crippen LogP contribution in [0.4, 0.5) is 0 Å². The molecule has 0 unspecified atom stereocenters. The molecular weight excluding hydrogens is 477 g/mol. The first-order valence-electron chi connectivity index (χ1n) is 6.94. The van der Waals surface area contributed by atoms with Crippen molar-refractivity contribution in [1.82, 2.24) is 0 Å². The van der Waals surface area contributed by atoms with Crippen molar-refractivity contribution >= 4 is 62.5 Å². The van der Waals surface area contributed by atoms with Crippen LogP contribution < -0.4 is 4.74 Å². The van der Waals surface area contributed by atoms with E-state index in [1.165, 1.54) is 0 Å². The van der Waals surface area contributed by atoms with Gasteiger partial charge in [-0.3, -0.25) is 9.79 Å². The zero-order chi connectivity index (χ0) is 15.5. The molecule has 0 fully saturated rings. The smallest absolute Gasteiger partial charge is 0.147 e. The highest BCUT2D eigenvalue weighted by molar-refractivity contribution is 14.0. The Bertz CT molecular complexity index is 575. The molecule has 0 aliphatic carbocycles. The van der Waals surface area contributed by atoms with Gasteiger partial charge in [-0.05, 0) is 24.1 Å². The van der Waals surface area contributed by atoms with Crippen LogP contribution in [0.3, 0.4) is 0 Å². The van der Waals surface area contributed by atoms with E-state index in [1.54, 1.807) is 18.9 Å². The van der Waals surface area contributed by atoms with E-state index in [1.807, 2.05) is 18.2 Å². The van der Waals surface area contributed by atoms with Crippen molar-refractivity contribution in [3.63, 3.8) is 0 Å². The Kier molecular flexibility index (Phi) is 7.88. The Hall–Kier alpha value is -0.0800. The molecule has 1 aromatic rings. The number of benzene rings is 1. The Morgan fingerprint density at radius 3 is 2.73 bits per heavy atom. The fourth-order valence-electron chi connectivity index (χ4n) is 2.21. The number of thioether (sulfide) groups is 1. The number of halogens is 2. The van der Waals surface area contributed by atoms with Crippen LogP contribution >= 0.6 is 51.7 Å². The maximum atomic E-state index is 12.2. The minimum absolute atomic E-state index is 0. The van der Waals surface area contributed by atoms with Gasteiger partial charge in [0.05, 0.1) is 17.9 Å². The summed E-state index contributed by atoms with van der Waals surface area (Å²) in [6, 6.07) is 5.70. The predicted molar refractivity (Wildman–Crippen MR) is 108 cm³/mol. The van der Waals surface area contributed by atoms with Gasteiger partial charge in [-0.2, -0.15) is 0 Å². The predicted octanol–water partition coefficient (Wildman–Crippen LogP) is 4.75. The van der Waals surface area contributed by atoms with Crippen molar-refractivity contribution in [1.29, 1.82) is 0 Å². The van der Waals surface area contributed by atoms with Gasteiger partial charge in [0, 0.05) is 22.9 Å². The van der Waals surface area contributed by atoms with Crippen LogP contribution in [0.15, 0.2) is 27.7 Å². The summed E-state index contributed by atoms with van der Waals surface area (Å²) in [7, 11) is 1.63. The van der Waals surface area contributed by atoms with Crippen molar-refractivity contribution in [2.24, 2.45) is 10.4 Å². The summed E-state index contributed by atoms with van der Waals surface area (Å²) in [4.78, 5) is 16.7. The van der Waals surface area contributed by atoms with Crippen LogP contribution in [0.2, 0.25) is 0 Å². The highest BCUT2D eigenvalue weighted by atomic mass is 127. The quantitative estimate of drug-likeness (QED) is 0.551. The van der Waals surface area contributed by atoms with Gasteiger partial charge < -0.3 is 4.74 Å². The maximum Gasteiger partial charge on any atom is 0.147 e. The van der Waals surface area contributed by atoms with E-state index in [4.69, 9.17) is 4.74 Å². The number of aliphatic imine (C=N–C) groups is 1. The SMILES string of the molecule is COc1ccc(CC(=O)CSC2=NCCC2(C)C)c(Br)c1.I. The summed E-state index contributed by atoms with van der Waals surface area (Å²) in [6.07, 6.45) is 1.51. The molecule has 1 aliphatic rings. The van der Waals surface area contributed by atoms with Gasteiger partial charge in [-0.15, -0.1) is 35.7 Å². The molecule has 0 saturated carbocycles. The normalized spacial score (nSPS) is 15.9. The topological polar surface area (TPSA) is 38.7 Å². The van der Waals surface area contributed by atoms with E-state index in [2.05, 4.69) is 34.8 Å². The van der Waals surface area contributed by atoms with Gasteiger partial charge in [0.1, 0.15) is 11.5 Å². The summed E-state index contributed by atoms with van der Waals surface area (Å²) in [5, 5.41) is 1.12. The first-order valence-corrected chi connectivity index (χ1v) is 8.72. The molecule has 6 heteroatoms. The molecule has 0 N–H and O–H groups in total. The van der Waals surface area contributed by atoms with Gasteiger partial charge in [0.25, 0.3) is 0 Å². The lowest BCUT2D eigenvalue weighted by atomic mass is 9.93. The number of ketones is 1. The van der Waals surface area contributed by atoms with Crippen LogP contribution in [0, 0.1) is 5.41 Å². The van der Waals surface area contributed by atoms with Gasteiger partial charge in [-0.1, -0.05) is 35.8 Å². The van der Waals surface area contributed by atoms with Crippen molar-refractivity contribution in [2.75, 3.05) is 19.4 Å². The van der Waals surface area contributed by atoms with Crippen molar-refractivity contribution in [2.45, 2.75) is 26.7 Å². The molecule has 22 heavy (non-hydrogen) atoms. The fourth-order valence-corrected chi connectivity index (χ4v) is 3.78. The third-order valence-electron chi connectivity index (χ3n) is 3.59. The second-order valence-corrected chi connectivity index (χ2v) is 7.60. The summed E-state index contributed by atoms with van der Waals surface area (Å²) in [5.41, 5.74) is 1.13. The molecule has 0 spiro atoms. The average Bonchev–Trinajstić information content (AvgIpc) is 2.77. The number of methoxy groups -OCH3 is 1. The molecule has 1 aliphatic heterocycles. The van der Waals surface area contributed by atoms with E-state index in [9.17, 15) is 4.79 Å². The van der Waals surface area contributed by atoms with Gasteiger partial charge in [0.2, 0.25) is 0 Å². The number of hydrogen-bond donors (Lipinski definition) is 0. The van der Waals surface area contributed by atoms with E-state index >= 15 is 0 Å². The highest BCUT2D eigenvalue weighted by Crippen LogP contribution is 2.34. The maximum absolute atomic E-state index is 12.2. The number of nitrogens with zero attached hydrogens (tertiary/aromatic N) is 1. The monoisotopic (exact) mass is 497 g/mol. The van der Waals surface area contributed by atoms with E-state index < -0.39 is 0 Å². The van der Waals surface area contributed by atoms with E-state index in [0.29, 0.717) is 12.2 Å². The minimum Gasteiger partial charge on any atom is -0.497 e. The van der Waals surface area contributed by atoms with Crippen LogP contribution in [0.25, 0.3) is 0 Å². The molecule has 1 heterocycles. The highest BCUT2D eigenvalue weighted by Gasteiger charge is 2.29. The molecule has 0 saturated heterocycles. The van der Waals surface area contributed by atoms with Crippen molar-refractivity contribution in [3.8, 4) is 5.75 Å². The Morgan fingerprint density at radius 1 is 1.45 bits per heavy atom. The van der Waals surface area contributed by atoms with Crippen LogP contribution in [0.5, 0.6) is 5.75 Å². The summed E-state index contributed by atoms with van der Waals surface area (Å²) in [6.45, 7) is 5.26. The number of carbonyl (C=O) groups excluding carboxylic acids is 1. The molecule has 0 radical (unpaired) electrons. The van der Waals surface area contributed by atoms with Gasteiger partial charge >= 0.3 is 0 Å². The van der Waals surface area contributed by atoms with Crippen LogP contribution in [-0.4, -0.2) is 30.2 Å². The lowest BCUT2D eigenvalue weighted by molar-refractivity contribution is -0.116. The zero-order valence-corrected chi connectivity index (χ0v) is 17.8. The standard InChI is InChI=1S/C16H20BrNO2S.HI/c1-16(2)6-7-18-15(16)21-10-12(19)8-11-4-5-13(20-3)9-14(11)17;/h4-5,9H,6-8,10H2,1-3H3;1H.